The predicted molar refractivity (Wildman–Crippen MR) is 151 cm³/mol. The number of amides is 1. The predicted octanol–water partition coefficient (Wildman–Crippen LogP) is 2.64. The van der Waals surface area contributed by atoms with Crippen LogP contribution < -0.4 is 15.4 Å². The normalized spacial score (nSPS) is 16.5. The van der Waals surface area contributed by atoms with Crippen LogP contribution in [0.3, 0.4) is 0 Å². The van der Waals surface area contributed by atoms with Crippen molar-refractivity contribution in [2.75, 3.05) is 57.1 Å². The van der Waals surface area contributed by atoms with Crippen molar-refractivity contribution >= 4 is 34.2 Å². The Morgan fingerprint density at radius 1 is 1.07 bits per heavy atom. The van der Waals surface area contributed by atoms with Crippen molar-refractivity contribution in [3.8, 4) is 17.3 Å². The number of rotatable bonds is 9. The summed E-state index contributed by atoms with van der Waals surface area (Å²) in [6.07, 6.45) is 5.40. The number of ether oxygens (including phenoxy) is 2. The summed E-state index contributed by atoms with van der Waals surface area (Å²) in [7, 11) is 1.66. The molecule has 0 radical (unpaired) electrons. The molecule has 13 heteroatoms. The monoisotopic (exact) mass is 557 g/mol. The Morgan fingerprint density at radius 2 is 1.88 bits per heavy atom. The van der Waals surface area contributed by atoms with Crippen LogP contribution in [0.15, 0.2) is 53.3 Å². The van der Waals surface area contributed by atoms with Gasteiger partial charge in [-0.05, 0) is 55.2 Å². The summed E-state index contributed by atoms with van der Waals surface area (Å²) >= 11 is 0. The maximum Gasteiger partial charge on any atom is 0.247 e. The van der Waals surface area contributed by atoms with Crippen LogP contribution in [0, 0.1) is 5.92 Å². The lowest BCUT2D eigenvalue weighted by Gasteiger charge is -2.37. The zero-order valence-electron chi connectivity index (χ0n) is 22.7. The first-order valence-electron chi connectivity index (χ1n) is 13.8. The van der Waals surface area contributed by atoms with Gasteiger partial charge in [-0.15, -0.1) is 5.10 Å². The Labute approximate surface area is 235 Å². The van der Waals surface area contributed by atoms with Gasteiger partial charge in [-0.25, -0.2) is 4.98 Å². The Balaban J connectivity index is 1.09. The van der Waals surface area contributed by atoms with Crippen LogP contribution in [-0.2, 0) is 9.53 Å². The average molecular weight is 558 g/mol. The molecule has 2 fully saturated rings. The van der Waals surface area contributed by atoms with Gasteiger partial charge in [0, 0.05) is 45.2 Å². The smallest absolute Gasteiger partial charge is 0.247 e. The zero-order valence-corrected chi connectivity index (χ0v) is 22.7. The van der Waals surface area contributed by atoms with Gasteiger partial charge in [0.2, 0.25) is 17.7 Å². The molecule has 1 saturated carbocycles. The quantitative estimate of drug-likeness (QED) is 0.269. The minimum atomic E-state index is -0.395. The number of anilines is 2. The van der Waals surface area contributed by atoms with E-state index in [9.17, 15) is 4.79 Å². The topological polar surface area (TPSA) is 142 Å². The van der Waals surface area contributed by atoms with Crippen LogP contribution in [0.5, 0.6) is 5.75 Å². The van der Waals surface area contributed by atoms with E-state index in [1.165, 1.54) is 4.52 Å². The maximum absolute atomic E-state index is 13.9. The summed E-state index contributed by atoms with van der Waals surface area (Å²) in [5.74, 6) is 2.25. The Morgan fingerprint density at radius 3 is 2.59 bits per heavy atom. The number of carbonyl (C=O) groups excluding carboxylic acids is 1. The van der Waals surface area contributed by atoms with Gasteiger partial charge in [0.25, 0.3) is 0 Å². The minimum absolute atomic E-state index is 0.0866. The largest absolute Gasteiger partial charge is 0.491 e. The van der Waals surface area contributed by atoms with Gasteiger partial charge in [-0.2, -0.15) is 14.6 Å². The number of hydrogen-bond donors (Lipinski definition) is 1. The summed E-state index contributed by atoms with van der Waals surface area (Å²) in [4.78, 5) is 27.2. The number of methoxy groups -OCH3 is 1. The van der Waals surface area contributed by atoms with Crippen molar-refractivity contribution in [2.24, 2.45) is 5.92 Å². The molecule has 5 aromatic rings. The SMILES string of the molecule is COCCOc1ccc(N2CCN(C(=O)[C@@H](C3CC3)n3cc4c(nc(N)n5nc(-c6ccco6)nc45)n3)CC2)cc1. The van der Waals surface area contributed by atoms with Crippen molar-refractivity contribution in [2.45, 2.75) is 18.9 Å². The molecule has 13 nitrogen and oxygen atoms in total. The summed E-state index contributed by atoms with van der Waals surface area (Å²) in [5, 5.41) is 9.86. The molecular formula is C28H31N9O4. The molecule has 1 saturated heterocycles. The van der Waals surface area contributed by atoms with E-state index in [0.29, 0.717) is 54.6 Å². The Kier molecular flexibility index (Phi) is 6.42. The summed E-state index contributed by atoms with van der Waals surface area (Å²) < 4.78 is 19.4. The Bertz CT molecular complexity index is 1670. The average Bonchev–Trinajstić information content (AvgIpc) is 3.35. The van der Waals surface area contributed by atoms with E-state index < -0.39 is 6.04 Å². The van der Waals surface area contributed by atoms with Gasteiger partial charge in [-0.1, -0.05) is 0 Å². The number of carbonyl (C=O) groups is 1. The highest BCUT2D eigenvalue weighted by Gasteiger charge is 2.41. The van der Waals surface area contributed by atoms with E-state index in [0.717, 1.165) is 37.4 Å². The van der Waals surface area contributed by atoms with E-state index in [1.54, 1.807) is 30.2 Å². The second-order valence-corrected chi connectivity index (χ2v) is 10.4. The Hall–Kier alpha value is -4.65. The lowest BCUT2D eigenvalue weighted by atomic mass is 10.1. The fourth-order valence-corrected chi connectivity index (χ4v) is 5.39. The molecule has 1 aliphatic heterocycles. The second-order valence-electron chi connectivity index (χ2n) is 10.4. The molecule has 5 heterocycles. The number of nitrogen functional groups attached to an aromatic ring is 1. The molecule has 1 atom stereocenters. The van der Waals surface area contributed by atoms with Gasteiger partial charge >= 0.3 is 0 Å². The first-order valence-corrected chi connectivity index (χ1v) is 13.8. The van der Waals surface area contributed by atoms with E-state index >= 15 is 0 Å². The highest BCUT2D eigenvalue weighted by molar-refractivity contribution is 5.91. The third-order valence-corrected chi connectivity index (χ3v) is 7.70. The van der Waals surface area contributed by atoms with Gasteiger partial charge < -0.3 is 29.4 Å². The molecule has 1 aromatic carbocycles. The first kappa shape index (κ1) is 25.3. The molecule has 2 N–H and O–H groups in total. The van der Waals surface area contributed by atoms with Gasteiger partial charge in [-0.3, -0.25) is 9.48 Å². The lowest BCUT2D eigenvalue weighted by Crippen LogP contribution is -2.51. The first-order chi connectivity index (χ1) is 20.1. The number of hydrogen-bond acceptors (Lipinski definition) is 10. The third kappa shape index (κ3) is 4.82. The molecule has 212 valence electrons. The van der Waals surface area contributed by atoms with Crippen LogP contribution in [-0.4, -0.2) is 86.7 Å². The van der Waals surface area contributed by atoms with Crippen molar-refractivity contribution in [1.29, 1.82) is 0 Å². The number of aromatic nitrogens is 6. The molecule has 1 aliphatic carbocycles. The number of furan rings is 1. The van der Waals surface area contributed by atoms with E-state index in [-0.39, 0.29) is 17.8 Å². The van der Waals surface area contributed by atoms with Crippen molar-refractivity contribution < 1.29 is 18.7 Å². The van der Waals surface area contributed by atoms with E-state index in [4.69, 9.17) is 24.7 Å². The molecule has 2 aliphatic rings. The van der Waals surface area contributed by atoms with E-state index in [2.05, 4.69) is 32.1 Å². The highest BCUT2D eigenvalue weighted by atomic mass is 16.5. The van der Waals surface area contributed by atoms with Gasteiger partial charge in [0.15, 0.2) is 17.1 Å². The van der Waals surface area contributed by atoms with Crippen LogP contribution in [0.4, 0.5) is 11.6 Å². The molecule has 41 heavy (non-hydrogen) atoms. The summed E-state index contributed by atoms with van der Waals surface area (Å²) in [6, 6.07) is 11.2. The number of nitrogens with two attached hydrogens (primary N) is 1. The molecule has 1 amide bonds. The summed E-state index contributed by atoms with van der Waals surface area (Å²) in [6.45, 7) is 3.85. The van der Waals surface area contributed by atoms with Crippen molar-refractivity contribution in [1.82, 2.24) is 34.3 Å². The number of benzene rings is 1. The van der Waals surface area contributed by atoms with Crippen LogP contribution in [0.1, 0.15) is 18.9 Å². The standard InChI is InChI=1S/C28H31N9O4/c1-39-15-16-40-20-8-6-19(7-9-20)34-10-12-35(13-11-34)27(38)23(18-4-5-18)36-17-21-24(32-36)31-28(29)37-26(21)30-25(33-37)22-3-2-14-41-22/h2-3,6-9,14,17-18,23H,4-5,10-13,15-16H2,1H3,(H2,29,31,32)/t23-/m1/s1. The lowest BCUT2D eigenvalue weighted by molar-refractivity contribution is -0.136. The molecule has 4 aromatic heterocycles. The molecular weight excluding hydrogens is 526 g/mol. The minimum Gasteiger partial charge on any atom is -0.491 e. The molecule has 0 spiro atoms. The van der Waals surface area contributed by atoms with E-state index in [1.807, 2.05) is 23.2 Å². The van der Waals surface area contributed by atoms with Crippen molar-refractivity contribution in [3.05, 3.63) is 48.9 Å². The maximum atomic E-state index is 13.9. The molecule has 0 unspecified atom stereocenters. The molecule has 0 bridgehead atoms. The highest BCUT2D eigenvalue weighted by Crippen LogP contribution is 2.41. The summed E-state index contributed by atoms with van der Waals surface area (Å²) in [5.41, 5.74) is 8.27. The van der Waals surface area contributed by atoms with Gasteiger partial charge in [0.05, 0.1) is 18.3 Å². The zero-order chi connectivity index (χ0) is 27.9. The third-order valence-electron chi connectivity index (χ3n) is 7.70. The van der Waals surface area contributed by atoms with Crippen molar-refractivity contribution in [3.63, 3.8) is 0 Å². The van der Waals surface area contributed by atoms with Crippen LogP contribution in [0.25, 0.3) is 28.3 Å². The van der Waals surface area contributed by atoms with Gasteiger partial charge in [0.1, 0.15) is 18.4 Å². The molecule has 7 rings (SSSR count). The fourth-order valence-electron chi connectivity index (χ4n) is 5.39. The number of nitrogens with zero attached hydrogens (tertiary/aromatic N) is 8. The fraction of sp³-hybridized carbons (Fsp3) is 0.393. The van der Waals surface area contributed by atoms with Crippen LogP contribution >= 0.6 is 0 Å². The number of piperazine rings is 1. The number of fused-ring (bicyclic) bond motifs is 3. The van der Waals surface area contributed by atoms with Crippen LogP contribution in [0.2, 0.25) is 0 Å². The second kappa shape index (κ2) is 10.4.